The number of nitrogens with zero attached hydrogens (tertiary/aromatic N) is 2. The maximum atomic E-state index is 13.2. The molecule has 2 heterocycles. The molecule has 3 unspecified atom stereocenters. The molecular formula is C23H24ClN3O3S. The van der Waals surface area contributed by atoms with Crippen molar-refractivity contribution in [3.05, 3.63) is 46.8 Å². The number of imide groups is 1. The van der Waals surface area contributed by atoms with Crippen LogP contribution in [-0.4, -0.2) is 33.6 Å². The SMILES string of the molecule is CC(C)CC(C(=O)Nc1nc(-c2ccccc2Cl)cs1)N1C(=O)C2CC=CCC2C1=O. The summed E-state index contributed by atoms with van der Waals surface area (Å²) in [7, 11) is 0. The Bertz CT molecular complexity index is 1020. The molecule has 0 spiro atoms. The molecule has 1 aromatic heterocycles. The number of amides is 3. The third-order valence-electron chi connectivity index (χ3n) is 5.73. The Morgan fingerprint density at radius 2 is 1.84 bits per heavy atom. The van der Waals surface area contributed by atoms with Crippen LogP contribution in [0.2, 0.25) is 5.02 Å². The normalized spacial score (nSPS) is 21.5. The van der Waals surface area contributed by atoms with Crippen molar-refractivity contribution in [2.24, 2.45) is 17.8 Å². The highest BCUT2D eigenvalue weighted by atomic mass is 35.5. The summed E-state index contributed by atoms with van der Waals surface area (Å²) in [6, 6.07) is 6.51. The van der Waals surface area contributed by atoms with Gasteiger partial charge in [0.25, 0.3) is 0 Å². The summed E-state index contributed by atoms with van der Waals surface area (Å²) >= 11 is 7.53. The number of likely N-dealkylation sites (tertiary alicyclic amines) is 1. The number of benzene rings is 1. The number of nitrogens with one attached hydrogen (secondary N) is 1. The number of fused-ring (bicyclic) bond motifs is 1. The number of halogens is 1. The number of hydrogen-bond acceptors (Lipinski definition) is 5. The standard InChI is InChI=1S/C23H24ClN3O3S/c1-13(2)11-19(27-21(29)14-7-3-4-8-15(14)22(27)30)20(28)26-23-25-18(12-31-23)16-9-5-6-10-17(16)24/h3-6,9-10,12-15,19H,7-8,11H2,1-2H3,(H,25,26,28). The second-order valence-electron chi connectivity index (χ2n) is 8.35. The highest BCUT2D eigenvalue weighted by Gasteiger charge is 2.51. The summed E-state index contributed by atoms with van der Waals surface area (Å²) in [4.78, 5) is 44.9. The van der Waals surface area contributed by atoms with E-state index >= 15 is 0 Å². The number of allylic oxidation sites excluding steroid dienone is 2. The smallest absolute Gasteiger partial charge is 0.249 e. The predicted octanol–water partition coefficient (Wildman–Crippen LogP) is 4.77. The molecule has 4 rings (SSSR count). The average molecular weight is 458 g/mol. The summed E-state index contributed by atoms with van der Waals surface area (Å²) in [5, 5.41) is 5.63. The van der Waals surface area contributed by atoms with Gasteiger partial charge in [0.05, 0.1) is 17.5 Å². The van der Waals surface area contributed by atoms with Gasteiger partial charge in [-0.1, -0.05) is 55.8 Å². The zero-order valence-electron chi connectivity index (χ0n) is 17.4. The van der Waals surface area contributed by atoms with E-state index in [4.69, 9.17) is 11.6 Å². The van der Waals surface area contributed by atoms with Crippen molar-refractivity contribution in [2.45, 2.75) is 39.2 Å². The lowest BCUT2D eigenvalue weighted by Crippen LogP contribution is -2.48. The second-order valence-corrected chi connectivity index (χ2v) is 9.62. The van der Waals surface area contributed by atoms with Crippen molar-refractivity contribution in [2.75, 3.05) is 5.32 Å². The van der Waals surface area contributed by atoms with E-state index in [-0.39, 0.29) is 35.5 Å². The highest BCUT2D eigenvalue weighted by molar-refractivity contribution is 7.14. The third kappa shape index (κ3) is 4.29. The lowest BCUT2D eigenvalue weighted by atomic mass is 9.85. The Kier molecular flexibility index (Phi) is 6.25. The van der Waals surface area contributed by atoms with E-state index in [0.717, 1.165) is 5.56 Å². The van der Waals surface area contributed by atoms with Crippen LogP contribution >= 0.6 is 22.9 Å². The molecule has 1 N–H and O–H groups in total. The van der Waals surface area contributed by atoms with Crippen LogP contribution in [0, 0.1) is 17.8 Å². The van der Waals surface area contributed by atoms with Crippen LogP contribution in [0.15, 0.2) is 41.8 Å². The fraction of sp³-hybridized carbons (Fsp3) is 0.391. The molecule has 2 aliphatic rings. The van der Waals surface area contributed by atoms with Crippen molar-refractivity contribution in [3.8, 4) is 11.3 Å². The third-order valence-corrected chi connectivity index (χ3v) is 6.82. The average Bonchev–Trinajstić information content (AvgIpc) is 3.30. The number of thiazole rings is 1. The van der Waals surface area contributed by atoms with Crippen LogP contribution in [-0.2, 0) is 14.4 Å². The van der Waals surface area contributed by atoms with Crippen LogP contribution in [0.1, 0.15) is 33.1 Å². The summed E-state index contributed by atoms with van der Waals surface area (Å²) < 4.78 is 0. The van der Waals surface area contributed by atoms with E-state index in [1.807, 2.05) is 49.6 Å². The Hall–Kier alpha value is -2.51. The first-order chi connectivity index (χ1) is 14.9. The number of carbonyl (C=O) groups excluding carboxylic acids is 3. The highest BCUT2D eigenvalue weighted by Crippen LogP contribution is 2.37. The van der Waals surface area contributed by atoms with Gasteiger partial charge in [-0.05, 0) is 31.2 Å². The van der Waals surface area contributed by atoms with Crippen molar-refractivity contribution in [3.63, 3.8) is 0 Å². The van der Waals surface area contributed by atoms with Crippen molar-refractivity contribution >= 4 is 45.8 Å². The Balaban J connectivity index is 1.55. The maximum absolute atomic E-state index is 13.2. The van der Waals surface area contributed by atoms with Gasteiger partial charge in [0.1, 0.15) is 6.04 Å². The number of aromatic nitrogens is 1. The van der Waals surface area contributed by atoms with Gasteiger partial charge in [-0.3, -0.25) is 19.3 Å². The second kappa shape index (κ2) is 8.93. The molecule has 1 fully saturated rings. The molecule has 31 heavy (non-hydrogen) atoms. The summed E-state index contributed by atoms with van der Waals surface area (Å²) in [6.07, 6.45) is 5.39. The van der Waals surface area contributed by atoms with Crippen LogP contribution in [0.3, 0.4) is 0 Å². The van der Waals surface area contributed by atoms with Crippen molar-refractivity contribution in [1.29, 1.82) is 0 Å². The lowest BCUT2D eigenvalue weighted by Gasteiger charge is -2.27. The fourth-order valence-corrected chi connectivity index (χ4v) is 5.17. The minimum absolute atomic E-state index is 0.132. The first-order valence-electron chi connectivity index (χ1n) is 10.4. The molecule has 1 aliphatic carbocycles. The van der Waals surface area contributed by atoms with Gasteiger partial charge >= 0.3 is 0 Å². The summed E-state index contributed by atoms with van der Waals surface area (Å²) in [5.41, 5.74) is 1.44. The predicted molar refractivity (Wildman–Crippen MR) is 122 cm³/mol. The molecule has 162 valence electrons. The minimum Gasteiger partial charge on any atom is -0.300 e. The van der Waals surface area contributed by atoms with Crippen LogP contribution in [0.4, 0.5) is 5.13 Å². The van der Waals surface area contributed by atoms with Crippen molar-refractivity contribution < 1.29 is 14.4 Å². The monoisotopic (exact) mass is 457 g/mol. The number of hydrogen-bond donors (Lipinski definition) is 1. The largest absolute Gasteiger partial charge is 0.300 e. The van der Waals surface area contributed by atoms with Crippen molar-refractivity contribution in [1.82, 2.24) is 9.88 Å². The number of anilines is 1. The quantitative estimate of drug-likeness (QED) is 0.500. The van der Waals surface area contributed by atoms with Gasteiger partial charge in [0.2, 0.25) is 17.7 Å². The molecule has 1 aromatic carbocycles. The Morgan fingerprint density at radius 3 is 2.45 bits per heavy atom. The molecule has 1 saturated heterocycles. The van der Waals surface area contributed by atoms with Gasteiger partial charge in [-0.2, -0.15) is 0 Å². The zero-order valence-corrected chi connectivity index (χ0v) is 18.9. The molecule has 3 amide bonds. The molecule has 6 nitrogen and oxygen atoms in total. The van der Waals surface area contributed by atoms with Crippen LogP contribution in [0.25, 0.3) is 11.3 Å². The lowest BCUT2D eigenvalue weighted by molar-refractivity contribution is -0.147. The van der Waals surface area contributed by atoms with E-state index in [2.05, 4.69) is 10.3 Å². The molecule has 0 bridgehead atoms. The first-order valence-corrected chi connectivity index (χ1v) is 11.7. The molecule has 0 radical (unpaired) electrons. The molecule has 3 atom stereocenters. The molecule has 0 saturated carbocycles. The van der Waals surface area contributed by atoms with Gasteiger partial charge in [0.15, 0.2) is 5.13 Å². The van der Waals surface area contributed by atoms with Gasteiger partial charge in [0, 0.05) is 16.0 Å². The Morgan fingerprint density at radius 1 is 1.19 bits per heavy atom. The number of rotatable bonds is 6. The van der Waals surface area contributed by atoms with E-state index in [1.165, 1.54) is 16.2 Å². The molecular weight excluding hydrogens is 434 g/mol. The fourth-order valence-electron chi connectivity index (χ4n) is 4.22. The van der Waals surface area contributed by atoms with E-state index in [9.17, 15) is 14.4 Å². The topological polar surface area (TPSA) is 79.4 Å². The maximum Gasteiger partial charge on any atom is 0.249 e. The molecule has 2 aromatic rings. The van der Waals surface area contributed by atoms with E-state index in [1.54, 1.807) is 6.07 Å². The van der Waals surface area contributed by atoms with E-state index in [0.29, 0.717) is 35.1 Å². The minimum atomic E-state index is -0.849. The van der Waals surface area contributed by atoms with Gasteiger partial charge in [-0.15, -0.1) is 11.3 Å². The van der Waals surface area contributed by atoms with Crippen LogP contribution in [0.5, 0.6) is 0 Å². The van der Waals surface area contributed by atoms with Crippen LogP contribution < -0.4 is 5.32 Å². The molecule has 8 heteroatoms. The molecule has 1 aliphatic heterocycles. The van der Waals surface area contributed by atoms with E-state index < -0.39 is 6.04 Å². The van der Waals surface area contributed by atoms with Gasteiger partial charge in [-0.25, -0.2) is 4.98 Å². The zero-order chi connectivity index (χ0) is 22.1. The van der Waals surface area contributed by atoms with Gasteiger partial charge < -0.3 is 5.32 Å². The number of carbonyl (C=O) groups is 3. The Labute approximate surface area is 190 Å². The summed E-state index contributed by atoms with van der Waals surface area (Å²) in [5.74, 6) is -1.44. The first kappa shape index (κ1) is 21.7. The summed E-state index contributed by atoms with van der Waals surface area (Å²) in [6.45, 7) is 3.94.